The fourth-order valence-electron chi connectivity index (χ4n) is 1.88. The first-order valence-corrected chi connectivity index (χ1v) is 8.54. The van der Waals surface area contributed by atoms with Crippen molar-refractivity contribution >= 4 is 52.1 Å². The number of benzene rings is 2. The summed E-state index contributed by atoms with van der Waals surface area (Å²) in [6.07, 6.45) is 0.956. The standard InChI is InChI=1S/C17H17Cl3N2O2/c1-2-7-24-12-5-3-11(4-6-12)21-10-17(23)22-16-9-14(19)13(18)8-15(16)20/h3-6,8-9,21H,2,7,10H2,1H3,(H,22,23). The topological polar surface area (TPSA) is 50.4 Å². The van der Waals surface area contributed by atoms with E-state index in [9.17, 15) is 4.79 Å². The van der Waals surface area contributed by atoms with Crippen LogP contribution in [0.25, 0.3) is 0 Å². The number of rotatable bonds is 7. The van der Waals surface area contributed by atoms with Crippen LogP contribution in [0.1, 0.15) is 13.3 Å². The lowest BCUT2D eigenvalue weighted by atomic mass is 10.3. The van der Waals surface area contributed by atoms with Crippen molar-refractivity contribution in [3.05, 3.63) is 51.5 Å². The zero-order valence-corrected chi connectivity index (χ0v) is 15.3. The zero-order chi connectivity index (χ0) is 17.5. The lowest BCUT2D eigenvalue weighted by Gasteiger charge is -2.11. The largest absolute Gasteiger partial charge is 0.494 e. The normalized spacial score (nSPS) is 10.3. The summed E-state index contributed by atoms with van der Waals surface area (Å²) in [4.78, 5) is 12.0. The number of carbonyl (C=O) groups is 1. The van der Waals surface area contributed by atoms with Crippen molar-refractivity contribution in [1.29, 1.82) is 0 Å². The Hall–Kier alpha value is -1.62. The van der Waals surface area contributed by atoms with E-state index in [1.54, 1.807) is 0 Å². The molecule has 2 rings (SSSR count). The maximum atomic E-state index is 12.0. The van der Waals surface area contributed by atoms with Gasteiger partial charge in [0.1, 0.15) is 5.75 Å². The van der Waals surface area contributed by atoms with Crippen molar-refractivity contribution in [2.45, 2.75) is 13.3 Å². The molecule has 0 radical (unpaired) electrons. The summed E-state index contributed by atoms with van der Waals surface area (Å²) in [7, 11) is 0. The fraction of sp³-hybridized carbons (Fsp3) is 0.235. The Morgan fingerprint density at radius 3 is 2.38 bits per heavy atom. The molecule has 0 atom stereocenters. The molecule has 4 nitrogen and oxygen atoms in total. The van der Waals surface area contributed by atoms with Crippen molar-refractivity contribution in [1.82, 2.24) is 0 Å². The second-order valence-electron chi connectivity index (χ2n) is 5.02. The molecular formula is C17H17Cl3N2O2. The van der Waals surface area contributed by atoms with Gasteiger partial charge in [0, 0.05) is 5.69 Å². The first kappa shape index (κ1) is 18.7. The Bertz CT molecular complexity index is 706. The average Bonchev–Trinajstić information content (AvgIpc) is 2.57. The Morgan fingerprint density at radius 1 is 1.04 bits per heavy atom. The van der Waals surface area contributed by atoms with Crippen LogP contribution in [0.4, 0.5) is 11.4 Å². The minimum Gasteiger partial charge on any atom is -0.494 e. The van der Waals surface area contributed by atoms with Crippen molar-refractivity contribution in [3.8, 4) is 5.75 Å². The zero-order valence-electron chi connectivity index (χ0n) is 13.0. The van der Waals surface area contributed by atoms with Gasteiger partial charge in [0.25, 0.3) is 0 Å². The molecule has 0 bridgehead atoms. The van der Waals surface area contributed by atoms with Crippen molar-refractivity contribution in [3.63, 3.8) is 0 Å². The Morgan fingerprint density at radius 2 is 1.71 bits per heavy atom. The van der Waals surface area contributed by atoms with E-state index in [2.05, 4.69) is 17.6 Å². The van der Waals surface area contributed by atoms with Gasteiger partial charge in [-0.05, 0) is 42.8 Å². The SMILES string of the molecule is CCCOc1ccc(NCC(=O)Nc2cc(Cl)c(Cl)cc2Cl)cc1. The lowest BCUT2D eigenvalue weighted by molar-refractivity contribution is -0.114. The average molecular weight is 388 g/mol. The number of nitrogens with one attached hydrogen (secondary N) is 2. The quantitative estimate of drug-likeness (QED) is 0.618. The first-order valence-electron chi connectivity index (χ1n) is 7.40. The van der Waals surface area contributed by atoms with E-state index in [0.29, 0.717) is 27.4 Å². The monoisotopic (exact) mass is 386 g/mol. The Labute approximate surface area is 156 Å². The van der Waals surface area contributed by atoms with E-state index >= 15 is 0 Å². The molecule has 1 amide bonds. The van der Waals surface area contributed by atoms with Crippen molar-refractivity contribution < 1.29 is 9.53 Å². The molecule has 0 aliphatic carbocycles. The highest BCUT2D eigenvalue weighted by molar-refractivity contribution is 6.44. The number of hydrogen-bond donors (Lipinski definition) is 2. The van der Waals surface area contributed by atoms with Crippen LogP contribution >= 0.6 is 34.8 Å². The third-order valence-corrected chi connectivity index (χ3v) is 4.10. The van der Waals surface area contributed by atoms with Crippen molar-refractivity contribution in [2.24, 2.45) is 0 Å². The predicted molar refractivity (Wildman–Crippen MR) is 101 cm³/mol. The Balaban J connectivity index is 1.88. The van der Waals surface area contributed by atoms with Gasteiger partial charge in [-0.1, -0.05) is 41.7 Å². The number of anilines is 2. The summed E-state index contributed by atoms with van der Waals surface area (Å²) in [6.45, 7) is 2.82. The van der Waals surface area contributed by atoms with Crippen LogP contribution in [0.5, 0.6) is 5.75 Å². The van der Waals surface area contributed by atoms with Gasteiger partial charge in [0.05, 0.1) is 33.9 Å². The minimum atomic E-state index is -0.249. The van der Waals surface area contributed by atoms with Gasteiger partial charge in [-0.15, -0.1) is 0 Å². The van der Waals surface area contributed by atoms with Gasteiger partial charge in [0.2, 0.25) is 5.91 Å². The number of amides is 1. The van der Waals surface area contributed by atoms with Gasteiger partial charge in [-0.25, -0.2) is 0 Å². The number of halogens is 3. The van der Waals surface area contributed by atoms with Crippen LogP contribution in [0.2, 0.25) is 15.1 Å². The number of hydrogen-bond acceptors (Lipinski definition) is 3. The van der Waals surface area contributed by atoms with E-state index in [0.717, 1.165) is 17.9 Å². The highest BCUT2D eigenvalue weighted by atomic mass is 35.5. The highest BCUT2D eigenvalue weighted by Crippen LogP contribution is 2.32. The molecule has 24 heavy (non-hydrogen) atoms. The number of carbonyl (C=O) groups excluding carboxylic acids is 1. The third-order valence-electron chi connectivity index (χ3n) is 3.06. The molecule has 2 N–H and O–H groups in total. The molecule has 0 unspecified atom stereocenters. The van der Waals surface area contributed by atoms with E-state index in [1.807, 2.05) is 24.3 Å². The molecule has 0 saturated heterocycles. The number of ether oxygens (including phenoxy) is 1. The van der Waals surface area contributed by atoms with Crippen LogP contribution in [-0.2, 0) is 4.79 Å². The van der Waals surface area contributed by atoms with E-state index in [4.69, 9.17) is 39.5 Å². The maximum Gasteiger partial charge on any atom is 0.243 e. The molecule has 0 aliphatic heterocycles. The van der Waals surface area contributed by atoms with Crippen LogP contribution in [0, 0.1) is 0 Å². The molecule has 2 aromatic rings. The summed E-state index contributed by atoms with van der Waals surface area (Å²) in [6, 6.07) is 10.4. The second-order valence-corrected chi connectivity index (χ2v) is 6.24. The summed E-state index contributed by atoms with van der Waals surface area (Å²) in [5, 5.41) is 6.70. The molecule has 0 aromatic heterocycles. The van der Waals surface area contributed by atoms with Gasteiger partial charge in [-0.3, -0.25) is 4.79 Å². The highest BCUT2D eigenvalue weighted by Gasteiger charge is 2.09. The minimum absolute atomic E-state index is 0.0890. The van der Waals surface area contributed by atoms with Gasteiger partial charge >= 0.3 is 0 Å². The maximum absolute atomic E-state index is 12.0. The molecule has 0 saturated carbocycles. The van der Waals surface area contributed by atoms with E-state index in [-0.39, 0.29) is 12.5 Å². The van der Waals surface area contributed by atoms with E-state index in [1.165, 1.54) is 12.1 Å². The van der Waals surface area contributed by atoms with Gasteiger partial charge < -0.3 is 15.4 Å². The summed E-state index contributed by atoms with van der Waals surface area (Å²) in [5.74, 6) is 0.552. The van der Waals surface area contributed by atoms with Gasteiger partial charge in [0.15, 0.2) is 0 Å². The fourth-order valence-corrected chi connectivity index (χ4v) is 2.48. The first-order chi connectivity index (χ1) is 11.5. The molecule has 0 aliphatic rings. The third kappa shape index (κ3) is 5.48. The van der Waals surface area contributed by atoms with Crippen LogP contribution in [0.15, 0.2) is 36.4 Å². The van der Waals surface area contributed by atoms with Crippen LogP contribution in [0.3, 0.4) is 0 Å². The molecule has 7 heteroatoms. The summed E-state index contributed by atoms with van der Waals surface area (Å²) in [5.41, 5.74) is 1.23. The lowest BCUT2D eigenvalue weighted by Crippen LogP contribution is -2.21. The predicted octanol–water partition coefficient (Wildman–Crippen LogP) is 5.49. The van der Waals surface area contributed by atoms with Crippen molar-refractivity contribution in [2.75, 3.05) is 23.8 Å². The molecular weight excluding hydrogens is 371 g/mol. The summed E-state index contributed by atoms with van der Waals surface area (Å²) >= 11 is 17.8. The Kier molecular flexibility index (Phi) is 7.03. The molecule has 128 valence electrons. The smallest absolute Gasteiger partial charge is 0.243 e. The summed E-state index contributed by atoms with van der Waals surface area (Å²) < 4.78 is 5.50. The molecule has 0 fully saturated rings. The molecule has 0 heterocycles. The van der Waals surface area contributed by atoms with Crippen LogP contribution < -0.4 is 15.4 Å². The molecule has 2 aromatic carbocycles. The molecule has 0 spiro atoms. The van der Waals surface area contributed by atoms with Crippen LogP contribution in [-0.4, -0.2) is 19.1 Å². The second kappa shape index (κ2) is 9.02. The van der Waals surface area contributed by atoms with Gasteiger partial charge in [-0.2, -0.15) is 0 Å². The van der Waals surface area contributed by atoms with E-state index < -0.39 is 0 Å².